The highest BCUT2D eigenvalue weighted by atomic mass is 16.2. The molecule has 1 aromatic carbocycles. The molecule has 0 aliphatic carbocycles. The minimum absolute atomic E-state index is 0.108. The van der Waals surface area contributed by atoms with E-state index < -0.39 is 11.9 Å². The third kappa shape index (κ3) is 4.27. The van der Waals surface area contributed by atoms with Crippen LogP contribution in [0.3, 0.4) is 0 Å². The highest BCUT2D eigenvalue weighted by Crippen LogP contribution is 2.01. The monoisotopic (exact) mass is 299 g/mol. The Bertz CT molecular complexity index is 660. The summed E-state index contributed by atoms with van der Waals surface area (Å²) in [6.07, 6.45) is 1.60. The van der Waals surface area contributed by atoms with Gasteiger partial charge in [-0.3, -0.25) is 9.59 Å². The first-order chi connectivity index (χ1) is 10.6. The maximum Gasteiger partial charge on any atom is 0.251 e. The lowest BCUT2D eigenvalue weighted by Crippen LogP contribution is -2.48. The lowest BCUT2D eigenvalue weighted by Gasteiger charge is -2.16. The zero-order chi connectivity index (χ0) is 15.9. The molecule has 0 aliphatic heterocycles. The quantitative estimate of drug-likeness (QED) is 0.718. The summed E-state index contributed by atoms with van der Waals surface area (Å²) in [5, 5.41) is 5.47. The first kappa shape index (κ1) is 15.4. The lowest BCUT2D eigenvalue weighted by atomic mass is 10.2. The number of nitrogens with one attached hydrogen (secondary N) is 2. The zero-order valence-electron chi connectivity index (χ0n) is 12.1. The normalized spacial score (nSPS) is 11.5. The molecule has 0 radical (unpaired) electrons. The summed E-state index contributed by atoms with van der Waals surface area (Å²) in [5.74, 6) is -0.624. The van der Waals surface area contributed by atoms with Crippen LogP contribution in [-0.2, 0) is 4.79 Å². The number of amides is 2. The van der Waals surface area contributed by atoms with E-state index in [-0.39, 0.29) is 12.5 Å². The van der Waals surface area contributed by atoms with Gasteiger partial charge in [0.15, 0.2) is 0 Å². The van der Waals surface area contributed by atoms with Crippen LogP contribution < -0.4 is 16.4 Å². The number of primary amides is 1. The van der Waals surface area contributed by atoms with Crippen molar-refractivity contribution in [1.82, 2.24) is 15.3 Å². The highest BCUT2D eigenvalue weighted by molar-refractivity contribution is 5.97. The van der Waals surface area contributed by atoms with E-state index in [2.05, 4.69) is 20.6 Å². The Hall–Kier alpha value is -2.96. The zero-order valence-corrected chi connectivity index (χ0v) is 12.1. The van der Waals surface area contributed by atoms with E-state index in [4.69, 9.17) is 5.73 Å². The van der Waals surface area contributed by atoms with Crippen molar-refractivity contribution in [2.24, 2.45) is 5.73 Å². The van der Waals surface area contributed by atoms with Gasteiger partial charge in [0.25, 0.3) is 5.91 Å². The molecular weight excluding hydrogens is 282 g/mol. The maximum absolute atomic E-state index is 12.0. The van der Waals surface area contributed by atoms with Gasteiger partial charge in [-0.15, -0.1) is 0 Å². The number of carbonyl (C=O) groups is 2. The Morgan fingerprint density at radius 3 is 2.59 bits per heavy atom. The van der Waals surface area contributed by atoms with Crippen LogP contribution in [0.25, 0.3) is 0 Å². The molecule has 1 heterocycles. The number of aryl methyl sites for hydroxylation is 1. The number of anilines is 1. The number of benzene rings is 1. The third-order valence-electron chi connectivity index (χ3n) is 2.94. The van der Waals surface area contributed by atoms with Crippen LogP contribution in [0.2, 0.25) is 0 Å². The number of aromatic nitrogens is 2. The number of hydrogen-bond donors (Lipinski definition) is 3. The average Bonchev–Trinajstić information content (AvgIpc) is 2.52. The van der Waals surface area contributed by atoms with Gasteiger partial charge in [-0.05, 0) is 25.1 Å². The summed E-state index contributed by atoms with van der Waals surface area (Å²) in [6, 6.07) is 9.50. The molecule has 0 saturated heterocycles. The smallest absolute Gasteiger partial charge is 0.251 e. The minimum atomic E-state index is -0.864. The summed E-state index contributed by atoms with van der Waals surface area (Å²) in [4.78, 5) is 31.7. The van der Waals surface area contributed by atoms with Gasteiger partial charge in [-0.25, -0.2) is 9.97 Å². The van der Waals surface area contributed by atoms with Crippen molar-refractivity contribution in [3.63, 3.8) is 0 Å². The summed E-state index contributed by atoms with van der Waals surface area (Å²) < 4.78 is 0. The topological polar surface area (TPSA) is 110 Å². The van der Waals surface area contributed by atoms with E-state index in [9.17, 15) is 9.59 Å². The molecule has 4 N–H and O–H groups in total. The number of carbonyl (C=O) groups excluding carboxylic acids is 2. The number of hydrogen-bond acceptors (Lipinski definition) is 5. The first-order valence-corrected chi connectivity index (χ1v) is 6.75. The fourth-order valence-electron chi connectivity index (χ4n) is 1.78. The number of rotatable bonds is 6. The van der Waals surface area contributed by atoms with Gasteiger partial charge in [0, 0.05) is 24.0 Å². The predicted molar refractivity (Wildman–Crippen MR) is 82.1 cm³/mol. The Kier molecular flexibility index (Phi) is 5.02. The Morgan fingerprint density at radius 1 is 1.23 bits per heavy atom. The van der Waals surface area contributed by atoms with E-state index in [0.29, 0.717) is 11.5 Å². The van der Waals surface area contributed by atoms with Gasteiger partial charge in [-0.1, -0.05) is 18.2 Å². The molecule has 0 aliphatic rings. The Balaban J connectivity index is 1.98. The van der Waals surface area contributed by atoms with Crippen molar-refractivity contribution in [3.8, 4) is 0 Å². The van der Waals surface area contributed by atoms with Crippen molar-refractivity contribution >= 4 is 17.8 Å². The van der Waals surface area contributed by atoms with Gasteiger partial charge in [-0.2, -0.15) is 0 Å². The highest BCUT2D eigenvalue weighted by Gasteiger charge is 2.19. The second-order valence-electron chi connectivity index (χ2n) is 4.70. The van der Waals surface area contributed by atoms with E-state index in [1.807, 2.05) is 6.92 Å². The van der Waals surface area contributed by atoms with Gasteiger partial charge in [0.05, 0.1) is 0 Å². The molecule has 7 heteroatoms. The molecule has 2 amide bonds. The molecule has 22 heavy (non-hydrogen) atoms. The largest absolute Gasteiger partial charge is 0.368 e. The molecule has 0 spiro atoms. The van der Waals surface area contributed by atoms with Crippen LogP contribution in [0.1, 0.15) is 16.1 Å². The van der Waals surface area contributed by atoms with Crippen LogP contribution in [-0.4, -0.2) is 34.4 Å². The van der Waals surface area contributed by atoms with Gasteiger partial charge >= 0.3 is 0 Å². The van der Waals surface area contributed by atoms with Gasteiger partial charge in [0.2, 0.25) is 11.9 Å². The van der Waals surface area contributed by atoms with E-state index in [1.54, 1.807) is 42.6 Å². The standard InChI is InChI=1S/C15H17N5O2/c1-10-7-8-17-15(19-10)18-9-12(13(16)21)20-14(22)11-5-3-2-4-6-11/h2-8,12H,9H2,1H3,(H2,16,21)(H,20,22)(H,17,18,19). The Morgan fingerprint density at radius 2 is 1.95 bits per heavy atom. The van der Waals surface area contributed by atoms with Crippen LogP contribution >= 0.6 is 0 Å². The first-order valence-electron chi connectivity index (χ1n) is 6.75. The molecular formula is C15H17N5O2. The molecule has 2 rings (SSSR count). The SMILES string of the molecule is Cc1ccnc(NCC(NC(=O)c2ccccc2)C(N)=O)n1. The summed E-state index contributed by atoms with van der Waals surface area (Å²) in [5.41, 5.74) is 6.57. The number of nitrogens with two attached hydrogens (primary N) is 1. The van der Waals surface area contributed by atoms with Gasteiger partial charge in [0.1, 0.15) is 6.04 Å². The molecule has 114 valence electrons. The fourth-order valence-corrected chi connectivity index (χ4v) is 1.78. The second kappa shape index (κ2) is 7.16. The van der Waals surface area contributed by atoms with Crippen LogP contribution in [0, 0.1) is 6.92 Å². The molecule has 1 unspecified atom stereocenters. The third-order valence-corrected chi connectivity index (χ3v) is 2.94. The van der Waals surface area contributed by atoms with Crippen molar-refractivity contribution in [2.75, 3.05) is 11.9 Å². The maximum atomic E-state index is 12.0. The molecule has 7 nitrogen and oxygen atoms in total. The predicted octanol–water partition coefficient (Wildman–Crippen LogP) is 0.481. The van der Waals surface area contributed by atoms with Crippen molar-refractivity contribution in [2.45, 2.75) is 13.0 Å². The van der Waals surface area contributed by atoms with E-state index in [1.165, 1.54) is 0 Å². The average molecular weight is 299 g/mol. The number of nitrogens with zero attached hydrogens (tertiary/aromatic N) is 2. The van der Waals surface area contributed by atoms with Crippen molar-refractivity contribution in [1.29, 1.82) is 0 Å². The summed E-state index contributed by atoms with van der Waals surface area (Å²) in [6.45, 7) is 1.94. The van der Waals surface area contributed by atoms with E-state index in [0.717, 1.165) is 5.69 Å². The van der Waals surface area contributed by atoms with Crippen LogP contribution in [0.4, 0.5) is 5.95 Å². The van der Waals surface area contributed by atoms with Crippen LogP contribution in [0.15, 0.2) is 42.6 Å². The molecule has 2 aromatic rings. The van der Waals surface area contributed by atoms with Crippen molar-refractivity contribution in [3.05, 3.63) is 53.9 Å². The molecule has 0 saturated carbocycles. The second-order valence-corrected chi connectivity index (χ2v) is 4.70. The summed E-state index contributed by atoms with van der Waals surface area (Å²) in [7, 11) is 0. The van der Waals surface area contributed by atoms with Crippen molar-refractivity contribution < 1.29 is 9.59 Å². The van der Waals surface area contributed by atoms with E-state index >= 15 is 0 Å². The molecule has 0 bridgehead atoms. The fraction of sp³-hybridized carbons (Fsp3) is 0.200. The molecule has 0 fully saturated rings. The van der Waals surface area contributed by atoms with Crippen LogP contribution in [0.5, 0.6) is 0 Å². The lowest BCUT2D eigenvalue weighted by molar-refractivity contribution is -0.119. The van der Waals surface area contributed by atoms with Gasteiger partial charge < -0.3 is 16.4 Å². The minimum Gasteiger partial charge on any atom is -0.368 e. The molecule has 1 aromatic heterocycles. The Labute approximate surface area is 128 Å². The molecule has 1 atom stereocenters. The summed E-state index contributed by atoms with van der Waals surface area (Å²) >= 11 is 0.